The number of amides is 1. The third kappa shape index (κ3) is 4.47. The van der Waals surface area contributed by atoms with Gasteiger partial charge in [-0.25, -0.2) is 0 Å². The summed E-state index contributed by atoms with van der Waals surface area (Å²) in [6, 6.07) is 3.46. The number of rotatable bonds is 5. The van der Waals surface area contributed by atoms with Crippen molar-refractivity contribution >= 4 is 28.8 Å². The van der Waals surface area contributed by atoms with E-state index in [1.54, 1.807) is 4.90 Å². The van der Waals surface area contributed by atoms with Crippen molar-refractivity contribution in [3.05, 3.63) is 21.3 Å². The highest BCUT2D eigenvalue weighted by Gasteiger charge is 2.23. The van der Waals surface area contributed by atoms with E-state index in [-0.39, 0.29) is 11.9 Å². The van der Waals surface area contributed by atoms with Gasteiger partial charge >= 0.3 is 0 Å². The van der Waals surface area contributed by atoms with E-state index in [0.717, 1.165) is 15.6 Å². The van der Waals surface area contributed by atoms with Crippen molar-refractivity contribution < 1.29 is 4.79 Å². The molecule has 112 valence electrons. The monoisotopic (exact) mass is 314 g/mol. The van der Waals surface area contributed by atoms with Crippen LogP contribution in [0.1, 0.15) is 43.4 Å². The van der Waals surface area contributed by atoms with Crippen LogP contribution >= 0.6 is 22.9 Å². The van der Waals surface area contributed by atoms with Crippen molar-refractivity contribution in [1.82, 2.24) is 4.90 Å². The molecule has 0 bridgehead atoms. The molecule has 20 heavy (non-hydrogen) atoms. The molecule has 1 heterocycles. The fraction of sp³-hybridized carbons (Fsp3) is 0.667. The molecule has 0 aliphatic heterocycles. The number of nitrogens with zero attached hydrogens (tertiary/aromatic N) is 1. The number of likely N-dealkylation sites (N-methyl/N-ethyl adjacent to an activating group) is 1. The minimum atomic E-state index is -0.362. The van der Waals surface area contributed by atoms with Crippen molar-refractivity contribution in [2.75, 3.05) is 7.05 Å². The molecular weight excluding hydrogens is 292 g/mol. The number of hydrogen-bond acceptors (Lipinski definition) is 3. The molecule has 5 heteroatoms. The maximum atomic E-state index is 12.3. The van der Waals surface area contributed by atoms with E-state index in [1.165, 1.54) is 43.4 Å². The minimum Gasteiger partial charge on any atom is -0.339 e. The highest BCUT2D eigenvalue weighted by atomic mass is 35.5. The summed E-state index contributed by atoms with van der Waals surface area (Å²) in [7, 11) is 1.82. The fourth-order valence-electron chi connectivity index (χ4n) is 2.91. The molecule has 1 amide bonds. The van der Waals surface area contributed by atoms with Gasteiger partial charge in [-0.3, -0.25) is 4.79 Å². The Hall–Kier alpha value is -0.580. The van der Waals surface area contributed by atoms with Gasteiger partial charge in [0.25, 0.3) is 0 Å². The lowest BCUT2D eigenvalue weighted by atomic mass is 9.85. The van der Waals surface area contributed by atoms with E-state index in [4.69, 9.17) is 17.3 Å². The van der Waals surface area contributed by atoms with E-state index in [9.17, 15) is 4.79 Å². The average Bonchev–Trinajstić information content (AvgIpc) is 2.84. The molecule has 0 radical (unpaired) electrons. The van der Waals surface area contributed by atoms with Crippen molar-refractivity contribution in [3.63, 3.8) is 0 Å². The predicted molar refractivity (Wildman–Crippen MR) is 85.0 cm³/mol. The van der Waals surface area contributed by atoms with Crippen LogP contribution in [0, 0.1) is 5.92 Å². The van der Waals surface area contributed by atoms with Crippen LogP contribution < -0.4 is 5.73 Å². The molecular formula is C15H23ClN2OS. The van der Waals surface area contributed by atoms with Gasteiger partial charge in [0.2, 0.25) is 5.91 Å². The molecule has 0 saturated heterocycles. The summed E-state index contributed by atoms with van der Waals surface area (Å²) in [6.45, 7) is 0.592. The van der Waals surface area contributed by atoms with Gasteiger partial charge in [-0.2, -0.15) is 0 Å². The molecule has 0 aromatic carbocycles. The summed E-state index contributed by atoms with van der Waals surface area (Å²) in [5.74, 6) is 0.673. The topological polar surface area (TPSA) is 46.3 Å². The second kappa shape index (κ2) is 7.43. The normalized spacial score (nSPS) is 17.9. The lowest BCUT2D eigenvalue weighted by Crippen LogP contribution is -2.42. The van der Waals surface area contributed by atoms with Gasteiger partial charge in [-0.15, -0.1) is 11.3 Å². The quantitative estimate of drug-likeness (QED) is 0.901. The molecule has 1 aliphatic rings. The Labute approximate surface area is 130 Å². The smallest absolute Gasteiger partial charge is 0.239 e. The highest BCUT2D eigenvalue weighted by Crippen LogP contribution is 2.27. The summed E-state index contributed by atoms with van der Waals surface area (Å²) < 4.78 is 0.757. The van der Waals surface area contributed by atoms with E-state index in [0.29, 0.717) is 12.5 Å². The van der Waals surface area contributed by atoms with E-state index in [1.807, 2.05) is 19.2 Å². The van der Waals surface area contributed by atoms with Crippen LogP contribution in [-0.4, -0.2) is 23.9 Å². The Bertz CT molecular complexity index is 443. The van der Waals surface area contributed by atoms with Crippen LogP contribution in [0.25, 0.3) is 0 Å². The number of halogens is 1. The van der Waals surface area contributed by atoms with Gasteiger partial charge in [0.1, 0.15) is 0 Å². The van der Waals surface area contributed by atoms with Crippen molar-refractivity contribution in [2.45, 2.75) is 51.1 Å². The number of nitrogens with two attached hydrogens (primary N) is 1. The molecule has 2 N–H and O–H groups in total. The summed E-state index contributed by atoms with van der Waals surface area (Å²) in [5.41, 5.74) is 6.09. The van der Waals surface area contributed by atoms with Crippen LogP contribution in [-0.2, 0) is 11.3 Å². The number of carbonyl (C=O) groups is 1. The molecule has 1 aromatic rings. The third-order valence-electron chi connectivity index (χ3n) is 4.03. The summed E-state index contributed by atoms with van der Waals surface area (Å²) in [6.07, 6.45) is 7.19. The second-order valence-corrected chi connectivity index (χ2v) is 7.55. The predicted octanol–water partition coefficient (Wildman–Crippen LogP) is 3.66. The lowest BCUT2D eigenvalue weighted by Gasteiger charge is -2.26. The first kappa shape index (κ1) is 15.8. The van der Waals surface area contributed by atoms with Gasteiger partial charge in [0, 0.05) is 11.9 Å². The van der Waals surface area contributed by atoms with Crippen LogP contribution in [0.2, 0.25) is 4.34 Å². The van der Waals surface area contributed by atoms with E-state index >= 15 is 0 Å². The molecule has 1 aromatic heterocycles. The summed E-state index contributed by atoms with van der Waals surface area (Å²) in [4.78, 5) is 15.1. The molecule has 0 spiro atoms. The maximum Gasteiger partial charge on any atom is 0.239 e. The Balaban J connectivity index is 1.82. The van der Waals surface area contributed by atoms with Crippen molar-refractivity contribution in [1.29, 1.82) is 0 Å². The third-order valence-corrected chi connectivity index (χ3v) is 5.24. The van der Waals surface area contributed by atoms with Gasteiger partial charge in [0.15, 0.2) is 0 Å². The number of carbonyl (C=O) groups excluding carboxylic acids is 1. The fourth-order valence-corrected chi connectivity index (χ4v) is 4.06. The molecule has 1 fully saturated rings. The maximum absolute atomic E-state index is 12.3. The SMILES string of the molecule is CN(Cc1ccc(Cl)s1)C(=O)C(N)CC1CCCCC1. The summed E-state index contributed by atoms with van der Waals surface area (Å²) in [5, 5.41) is 0. The zero-order valence-electron chi connectivity index (χ0n) is 12.0. The second-order valence-electron chi connectivity index (χ2n) is 5.75. The Morgan fingerprint density at radius 1 is 1.45 bits per heavy atom. The standard InChI is InChI=1S/C15H23ClN2OS/c1-18(10-12-7-8-14(16)20-12)15(19)13(17)9-11-5-3-2-4-6-11/h7-8,11,13H,2-6,9-10,17H2,1H3. The van der Waals surface area contributed by atoms with E-state index in [2.05, 4.69) is 0 Å². The molecule has 1 atom stereocenters. The number of thiophene rings is 1. The van der Waals surface area contributed by atoms with E-state index < -0.39 is 0 Å². The van der Waals surface area contributed by atoms with Gasteiger partial charge in [-0.05, 0) is 24.5 Å². The highest BCUT2D eigenvalue weighted by molar-refractivity contribution is 7.16. The average molecular weight is 315 g/mol. The van der Waals surface area contributed by atoms with Crippen LogP contribution in [0.4, 0.5) is 0 Å². The van der Waals surface area contributed by atoms with Gasteiger partial charge in [-0.1, -0.05) is 43.7 Å². The first-order valence-electron chi connectivity index (χ1n) is 7.31. The minimum absolute atomic E-state index is 0.0418. The zero-order chi connectivity index (χ0) is 14.5. The first-order valence-corrected chi connectivity index (χ1v) is 8.50. The largest absolute Gasteiger partial charge is 0.339 e. The van der Waals surface area contributed by atoms with Crippen molar-refractivity contribution in [3.8, 4) is 0 Å². The van der Waals surface area contributed by atoms with Crippen LogP contribution in [0.15, 0.2) is 12.1 Å². The molecule has 1 aliphatic carbocycles. The summed E-state index contributed by atoms with van der Waals surface area (Å²) >= 11 is 7.42. The van der Waals surface area contributed by atoms with Crippen LogP contribution in [0.5, 0.6) is 0 Å². The Morgan fingerprint density at radius 3 is 2.75 bits per heavy atom. The zero-order valence-corrected chi connectivity index (χ0v) is 13.6. The van der Waals surface area contributed by atoms with Crippen LogP contribution in [0.3, 0.4) is 0 Å². The Kier molecular flexibility index (Phi) is 5.87. The molecule has 3 nitrogen and oxygen atoms in total. The molecule has 1 saturated carbocycles. The Morgan fingerprint density at radius 2 is 2.15 bits per heavy atom. The van der Waals surface area contributed by atoms with Crippen molar-refractivity contribution in [2.24, 2.45) is 11.7 Å². The van der Waals surface area contributed by atoms with Gasteiger partial charge < -0.3 is 10.6 Å². The first-order chi connectivity index (χ1) is 9.56. The molecule has 1 unspecified atom stereocenters. The molecule has 2 rings (SSSR count). The number of hydrogen-bond donors (Lipinski definition) is 1. The van der Waals surface area contributed by atoms with Gasteiger partial charge in [0.05, 0.1) is 16.9 Å². The lowest BCUT2D eigenvalue weighted by molar-refractivity contribution is -0.132.